The molecule has 0 aliphatic heterocycles. The van der Waals surface area contributed by atoms with Crippen molar-refractivity contribution in [3.8, 4) is 0 Å². The van der Waals surface area contributed by atoms with E-state index in [0.29, 0.717) is 5.02 Å². The average Bonchev–Trinajstić information content (AvgIpc) is 2.17. The van der Waals surface area contributed by atoms with Gasteiger partial charge >= 0.3 is 0 Å². The van der Waals surface area contributed by atoms with Crippen molar-refractivity contribution in [2.45, 2.75) is 19.8 Å². The second-order valence-electron chi connectivity index (χ2n) is 3.94. The second kappa shape index (κ2) is 4.93. The van der Waals surface area contributed by atoms with Crippen LogP contribution in [-0.4, -0.2) is 4.98 Å². The van der Waals surface area contributed by atoms with Gasteiger partial charge in [-0.25, -0.2) is 0 Å². The maximum atomic E-state index is 11.7. The Hall–Kier alpha value is -0.930. The fraction of sp³-hybridized carbons (Fsp3) is 0.250. The van der Waals surface area contributed by atoms with Crippen LogP contribution in [0.15, 0.2) is 29.1 Å². The molecule has 0 saturated carbocycles. The first-order valence-corrected chi connectivity index (χ1v) is 5.28. The fourth-order valence-electron chi connectivity index (χ4n) is 1.62. The summed E-state index contributed by atoms with van der Waals surface area (Å²) < 4.78 is 0. The van der Waals surface area contributed by atoms with Gasteiger partial charge in [0.15, 0.2) is 0 Å². The molecular weight excluding hydrogens is 242 g/mol. The molecule has 16 heavy (non-hydrogen) atoms. The Balaban J connectivity index is 0.00000128. The van der Waals surface area contributed by atoms with Crippen LogP contribution in [0.4, 0.5) is 0 Å². The van der Waals surface area contributed by atoms with Crippen LogP contribution in [0, 0.1) is 0 Å². The van der Waals surface area contributed by atoms with Gasteiger partial charge in [-0.2, -0.15) is 13.5 Å². The summed E-state index contributed by atoms with van der Waals surface area (Å²) in [5, 5.41) is 1.66. The van der Waals surface area contributed by atoms with Crippen molar-refractivity contribution in [3.05, 3.63) is 45.2 Å². The SMILES string of the molecule is CC(C)c1cc2cc(Cl)ccc2[nH]c1=O.S. The molecule has 0 fully saturated rings. The van der Waals surface area contributed by atoms with Crippen LogP contribution in [-0.2, 0) is 0 Å². The summed E-state index contributed by atoms with van der Waals surface area (Å²) >= 11 is 5.90. The highest BCUT2D eigenvalue weighted by molar-refractivity contribution is 7.59. The van der Waals surface area contributed by atoms with Crippen molar-refractivity contribution in [1.29, 1.82) is 0 Å². The molecule has 0 amide bonds. The van der Waals surface area contributed by atoms with Gasteiger partial charge in [0, 0.05) is 16.1 Å². The Morgan fingerprint density at radius 3 is 2.56 bits per heavy atom. The third-order valence-electron chi connectivity index (χ3n) is 2.46. The van der Waals surface area contributed by atoms with Gasteiger partial charge in [-0.1, -0.05) is 25.4 Å². The Morgan fingerprint density at radius 2 is 1.94 bits per heavy atom. The zero-order valence-corrected chi connectivity index (χ0v) is 10.9. The fourth-order valence-corrected chi connectivity index (χ4v) is 1.80. The largest absolute Gasteiger partial charge is 0.322 e. The minimum atomic E-state index is -0.0141. The van der Waals surface area contributed by atoms with Gasteiger partial charge in [-0.3, -0.25) is 4.79 Å². The van der Waals surface area contributed by atoms with Crippen LogP contribution in [0.1, 0.15) is 25.3 Å². The van der Waals surface area contributed by atoms with Crippen LogP contribution in [0.25, 0.3) is 10.9 Å². The number of H-pyrrole nitrogens is 1. The molecule has 0 radical (unpaired) electrons. The number of fused-ring (bicyclic) bond motifs is 1. The Bertz CT molecular complexity index is 562. The molecule has 0 bridgehead atoms. The summed E-state index contributed by atoms with van der Waals surface area (Å²) in [6.45, 7) is 4.00. The molecule has 1 aromatic carbocycles. The maximum Gasteiger partial charge on any atom is 0.251 e. The normalized spacial score (nSPS) is 10.5. The number of halogens is 1. The van der Waals surface area contributed by atoms with Crippen molar-refractivity contribution in [2.24, 2.45) is 0 Å². The number of hydrogen-bond donors (Lipinski definition) is 1. The van der Waals surface area contributed by atoms with Crippen molar-refractivity contribution < 1.29 is 0 Å². The summed E-state index contributed by atoms with van der Waals surface area (Å²) in [5.41, 5.74) is 1.61. The average molecular weight is 256 g/mol. The van der Waals surface area contributed by atoms with Crippen LogP contribution < -0.4 is 5.56 Å². The lowest BCUT2D eigenvalue weighted by atomic mass is 10.0. The molecular formula is C12H14ClNOS. The van der Waals surface area contributed by atoms with Gasteiger partial charge in [0.2, 0.25) is 0 Å². The third-order valence-corrected chi connectivity index (χ3v) is 2.69. The van der Waals surface area contributed by atoms with Gasteiger partial charge < -0.3 is 4.98 Å². The summed E-state index contributed by atoms with van der Waals surface area (Å²) in [6, 6.07) is 7.36. The molecule has 1 aromatic heterocycles. The van der Waals surface area contributed by atoms with E-state index in [1.807, 2.05) is 32.0 Å². The smallest absolute Gasteiger partial charge is 0.251 e. The van der Waals surface area contributed by atoms with Crippen molar-refractivity contribution >= 4 is 36.0 Å². The van der Waals surface area contributed by atoms with E-state index >= 15 is 0 Å². The van der Waals surface area contributed by atoms with E-state index in [4.69, 9.17) is 11.6 Å². The third kappa shape index (κ3) is 2.42. The lowest BCUT2D eigenvalue weighted by Crippen LogP contribution is -2.13. The highest BCUT2D eigenvalue weighted by atomic mass is 35.5. The zero-order chi connectivity index (χ0) is 11.0. The molecule has 86 valence electrons. The number of nitrogens with one attached hydrogen (secondary N) is 1. The summed E-state index contributed by atoms with van der Waals surface area (Å²) in [5.74, 6) is 0.220. The van der Waals surface area contributed by atoms with Crippen LogP contribution in [0.5, 0.6) is 0 Å². The van der Waals surface area contributed by atoms with Crippen molar-refractivity contribution in [3.63, 3.8) is 0 Å². The predicted molar refractivity (Wildman–Crippen MR) is 74.0 cm³/mol. The zero-order valence-electron chi connectivity index (χ0n) is 9.17. The number of aromatic nitrogens is 1. The lowest BCUT2D eigenvalue weighted by Gasteiger charge is -2.06. The molecule has 2 nitrogen and oxygen atoms in total. The van der Waals surface area contributed by atoms with E-state index in [2.05, 4.69) is 4.98 Å². The summed E-state index contributed by atoms with van der Waals surface area (Å²) in [7, 11) is 0. The Kier molecular flexibility index (Phi) is 4.05. The Morgan fingerprint density at radius 1 is 1.25 bits per heavy atom. The molecule has 0 saturated heterocycles. The minimum Gasteiger partial charge on any atom is -0.322 e. The molecule has 2 aromatic rings. The number of benzene rings is 1. The number of rotatable bonds is 1. The highest BCUT2D eigenvalue weighted by Gasteiger charge is 2.06. The number of aromatic amines is 1. The number of hydrogen-bond acceptors (Lipinski definition) is 1. The molecule has 0 aliphatic carbocycles. The van der Waals surface area contributed by atoms with Gasteiger partial charge in [-0.05, 0) is 35.6 Å². The molecule has 0 atom stereocenters. The van der Waals surface area contributed by atoms with E-state index in [1.165, 1.54) is 0 Å². The first-order chi connectivity index (χ1) is 7.08. The van der Waals surface area contributed by atoms with E-state index in [-0.39, 0.29) is 25.0 Å². The van der Waals surface area contributed by atoms with Crippen LogP contribution in [0.2, 0.25) is 5.02 Å². The Labute approximate surface area is 106 Å². The molecule has 0 unspecified atom stereocenters. The molecule has 1 heterocycles. The molecule has 2 rings (SSSR count). The van der Waals surface area contributed by atoms with E-state index in [9.17, 15) is 4.79 Å². The molecule has 4 heteroatoms. The van der Waals surface area contributed by atoms with E-state index in [0.717, 1.165) is 16.5 Å². The van der Waals surface area contributed by atoms with E-state index in [1.54, 1.807) is 6.07 Å². The molecule has 0 aliphatic rings. The van der Waals surface area contributed by atoms with Crippen molar-refractivity contribution in [2.75, 3.05) is 0 Å². The van der Waals surface area contributed by atoms with Crippen molar-refractivity contribution in [1.82, 2.24) is 4.98 Å². The summed E-state index contributed by atoms with van der Waals surface area (Å²) in [4.78, 5) is 14.5. The first-order valence-electron chi connectivity index (χ1n) is 4.90. The second-order valence-corrected chi connectivity index (χ2v) is 4.38. The van der Waals surface area contributed by atoms with Gasteiger partial charge in [0.05, 0.1) is 0 Å². The van der Waals surface area contributed by atoms with Crippen LogP contribution in [0.3, 0.4) is 0 Å². The lowest BCUT2D eigenvalue weighted by molar-refractivity contribution is 0.849. The maximum absolute atomic E-state index is 11.7. The highest BCUT2D eigenvalue weighted by Crippen LogP contribution is 2.19. The standard InChI is InChI=1S/C12H12ClNO.H2S/c1-7(2)10-6-8-5-9(13)3-4-11(8)14-12(10)15;/h3-7H,1-2H3,(H,14,15);1H2. The monoisotopic (exact) mass is 255 g/mol. The molecule has 0 spiro atoms. The van der Waals surface area contributed by atoms with E-state index < -0.39 is 0 Å². The van der Waals surface area contributed by atoms with Gasteiger partial charge in [0.25, 0.3) is 5.56 Å². The topological polar surface area (TPSA) is 32.9 Å². The molecule has 1 N–H and O–H groups in total. The van der Waals surface area contributed by atoms with Gasteiger partial charge in [0.1, 0.15) is 0 Å². The van der Waals surface area contributed by atoms with Gasteiger partial charge in [-0.15, -0.1) is 0 Å². The minimum absolute atomic E-state index is 0. The summed E-state index contributed by atoms with van der Waals surface area (Å²) in [6.07, 6.45) is 0. The predicted octanol–water partition coefficient (Wildman–Crippen LogP) is 3.42. The number of pyridine rings is 1. The first kappa shape index (κ1) is 13.1. The van der Waals surface area contributed by atoms with Crippen LogP contribution >= 0.6 is 25.1 Å². The quantitative estimate of drug-likeness (QED) is 0.832.